The number of carbonyl (C=O) groups excluding carboxylic acids is 3. The summed E-state index contributed by atoms with van der Waals surface area (Å²) in [6, 6.07) is -3.26. The first-order valence-corrected chi connectivity index (χ1v) is 7.06. The monoisotopic (exact) mass is 335 g/mol. The summed E-state index contributed by atoms with van der Waals surface area (Å²) in [6.07, 6.45) is -2.11. The summed E-state index contributed by atoms with van der Waals surface area (Å²) >= 11 is 0. The third-order valence-electron chi connectivity index (χ3n) is 2.82. The second kappa shape index (κ2) is 10.1. The molecule has 23 heavy (non-hydrogen) atoms. The molecule has 0 amide bonds. The van der Waals surface area contributed by atoms with Crippen LogP contribution in [0.5, 0.6) is 0 Å². The van der Waals surface area contributed by atoms with Gasteiger partial charge in [0, 0.05) is 0 Å². The smallest absolute Gasteiger partial charge is 0.326 e. The van der Waals surface area contributed by atoms with Crippen LogP contribution in [0.15, 0.2) is 0 Å². The van der Waals surface area contributed by atoms with Crippen molar-refractivity contribution < 1.29 is 33.7 Å². The minimum Gasteiger partial charge on any atom is -0.461 e. The average molecular weight is 335 g/mol. The summed E-state index contributed by atoms with van der Waals surface area (Å²) in [5, 5.41) is 9.18. The fourth-order valence-corrected chi connectivity index (χ4v) is 1.24. The van der Waals surface area contributed by atoms with Gasteiger partial charge in [-0.2, -0.15) is 0 Å². The molecule has 0 saturated heterocycles. The molecule has 10 heteroatoms. The van der Waals surface area contributed by atoms with Crippen LogP contribution in [-0.2, 0) is 28.6 Å². The summed E-state index contributed by atoms with van der Waals surface area (Å²) in [5.41, 5.74) is 16.3. The van der Waals surface area contributed by atoms with E-state index in [1.807, 2.05) is 0 Å². The molecule has 0 saturated carbocycles. The Bertz CT molecular complexity index is 414. The number of aliphatic hydroxyl groups is 1. The predicted octanol–water partition coefficient (Wildman–Crippen LogP) is -2.61. The third kappa shape index (κ3) is 7.88. The number of esters is 3. The van der Waals surface area contributed by atoms with Gasteiger partial charge in [-0.25, -0.2) is 0 Å². The molecule has 10 nitrogen and oxygen atoms in total. The number of rotatable bonds is 9. The summed E-state index contributed by atoms with van der Waals surface area (Å²) < 4.78 is 14.4. The van der Waals surface area contributed by atoms with Gasteiger partial charge in [-0.15, -0.1) is 0 Å². The van der Waals surface area contributed by atoms with Crippen LogP contribution in [0.25, 0.3) is 0 Å². The molecule has 0 spiro atoms. The molecule has 0 fully saturated rings. The molecule has 0 aliphatic carbocycles. The summed E-state index contributed by atoms with van der Waals surface area (Å²) in [7, 11) is 0. The van der Waals surface area contributed by atoms with Crippen molar-refractivity contribution in [1.82, 2.24) is 0 Å². The van der Waals surface area contributed by atoms with Crippen molar-refractivity contribution in [2.45, 2.75) is 51.1 Å². The quantitative estimate of drug-likeness (QED) is 0.198. The zero-order valence-electron chi connectivity index (χ0n) is 13.4. The number of hydrogen-bond donors (Lipinski definition) is 4. The topological polar surface area (TPSA) is 177 Å². The third-order valence-corrected chi connectivity index (χ3v) is 2.82. The zero-order chi connectivity index (χ0) is 18.2. The molecule has 0 aromatic heterocycles. The van der Waals surface area contributed by atoms with E-state index in [2.05, 4.69) is 0 Å². The van der Waals surface area contributed by atoms with E-state index in [4.69, 9.17) is 31.4 Å². The molecular formula is C13H25N3O7. The van der Waals surface area contributed by atoms with Crippen LogP contribution in [-0.4, -0.2) is 66.6 Å². The van der Waals surface area contributed by atoms with E-state index < -0.39 is 48.2 Å². The molecule has 0 aliphatic heterocycles. The van der Waals surface area contributed by atoms with Gasteiger partial charge in [-0.3, -0.25) is 14.4 Å². The highest BCUT2D eigenvalue weighted by Gasteiger charge is 2.29. The largest absolute Gasteiger partial charge is 0.461 e. The van der Waals surface area contributed by atoms with Gasteiger partial charge in [0.2, 0.25) is 0 Å². The minimum absolute atomic E-state index is 0.167. The Balaban J connectivity index is 4.18. The van der Waals surface area contributed by atoms with Crippen molar-refractivity contribution in [3.63, 3.8) is 0 Å². The summed E-state index contributed by atoms with van der Waals surface area (Å²) in [6.45, 7) is 3.79. The Labute approximate surface area is 134 Å². The van der Waals surface area contributed by atoms with Gasteiger partial charge < -0.3 is 36.5 Å². The van der Waals surface area contributed by atoms with Crippen LogP contribution in [0, 0.1) is 0 Å². The minimum atomic E-state index is -1.25. The van der Waals surface area contributed by atoms with E-state index in [0.29, 0.717) is 0 Å². The fraction of sp³-hybridized carbons (Fsp3) is 0.769. The molecule has 7 N–H and O–H groups in total. The zero-order valence-corrected chi connectivity index (χ0v) is 13.4. The van der Waals surface area contributed by atoms with Gasteiger partial charge in [0.05, 0.1) is 6.10 Å². The normalized spacial score (nSPS) is 17.3. The SMILES string of the molecule is C[C@H](N)C(=O)OCCOC(=O)[C@@H](N)[C@@H](C)OC(=O)[C@@H](N)[C@@H](C)O. The van der Waals surface area contributed by atoms with Crippen molar-refractivity contribution in [3.8, 4) is 0 Å². The van der Waals surface area contributed by atoms with Crippen LogP contribution in [0.4, 0.5) is 0 Å². The van der Waals surface area contributed by atoms with Gasteiger partial charge in [0.15, 0.2) is 0 Å². The average Bonchev–Trinajstić information content (AvgIpc) is 2.48. The first kappa shape index (κ1) is 21.2. The number of hydrogen-bond acceptors (Lipinski definition) is 10. The maximum Gasteiger partial charge on any atom is 0.326 e. The molecule has 0 rings (SSSR count). The van der Waals surface area contributed by atoms with Crippen LogP contribution in [0.2, 0.25) is 0 Å². The molecule has 0 bridgehead atoms. The second-order valence-corrected chi connectivity index (χ2v) is 5.06. The Morgan fingerprint density at radius 2 is 1.35 bits per heavy atom. The molecule has 0 radical (unpaired) electrons. The molecule has 0 aromatic rings. The Hall–Kier alpha value is -1.75. The second-order valence-electron chi connectivity index (χ2n) is 5.06. The van der Waals surface area contributed by atoms with E-state index in [1.165, 1.54) is 20.8 Å². The van der Waals surface area contributed by atoms with E-state index >= 15 is 0 Å². The Morgan fingerprint density at radius 3 is 1.78 bits per heavy atom. The van der Waals surface area contributed by atoms with Crippen LogP contribution in [0.3, 0.4) is 0 Å². The van der Waals surface area contributed by atoms with Gasteiger partial charge in [-0.1, -0.05) is 0 Å². The van der Waals surface area contributed by atoms with E-state index in [-0.39, 0.29) is 13.2 Å². The lowest BCUT2D eigenvalue weighted by Crippen LogP contribution is -2.48. The van der Waals surface area contributed by atoms with Crippen LogP contribution in [0.1, 0.15) is 20.8 Å². The fourth-order valence-electron chi connectivity index (χ4n) is 1.24. The maximum atomic E-state index is 11.7. The molecule has 134 valence electrons. The van der Waals surface area contributed by atoms with Crippen LogP contribution < -0.4 is 17.2 Å². The number of aliphatic hydroxyl groups excluding tert-OH is 1. The lowest BCUT2D eigenvalue weighted by Gasteiger charge is -2.22. The molecule has 5 atom stereocenters. The lowest BCUT2D eigenvalue weighted by molar-refractivity contribution is -0.161. The van der Waals surface area contributed by atoms with Gasteiger partial charge in [0.1, 0.15) is 37.4 Å². The van der Waals surface area contributed by atoms with Crippen molar-refractivity contribution >= 4 is 17.9 Å². The van der Waals surface area contributed by atoms with E-state index in [1.54, 1.807) is 0 Å². The number of carbonyl (C=O) groups is 3. The van der Waals surface area contributed by atoms with Crippen molar-refractivity contribution in [3.05, 3.63) is 0 Å². The molecule has 0 unspecified atom stereocenters. The first-order valence-electron chi connectivity index (χ1n) is 7.06. The Morgan fingerprint density at radius 1 is 0.870 bits per heavy atom. The maximum absolute atomic E-state index is 11.7. The standard InChI is InChI=1S/C13H25N3O7/c1-6(14)11(18)21-4-5-22-12(19)10(16)8(3)23-13(20)9(15)7(2)17/h6-10,17H,4-5,14-16H2,1-3H3/t6-,7+,8+,9-,10-/m0/s1. The van der Waals surface area contributed by atoms with Gasteiger partial charge in [0.25, 0.3) is 0 Å². The number of ether oxygens (including phenoxy) is 3. The lowest BCUT2D eigenvalue weighted by atomic mass is 10.2. The van der Waals surface area contributed by atoms with E-state index in [9.17, 15) is 19.5 Å². The van der Waals surface area contributed by atoms with Gasteiger partial charge in [-0.05, 0) is 20.8 Å². The highest BCUT2D eigenvalue weighted by molar-refractivity contribution is 5.79. The summed E-state index contributed by atoms with van der Waals surface area (Å²) in [4.78, 5) is 34.3. The van der Waals surface area contributed by atoms with E-state index in [0.717, 1.165) is 0 Å². The van der Waals surface area contributed by atoms with Crippen molar-refractivity contribution in [1.29, 1.82) is 0 Å². The van der Waals surface area contributed by atoms with Crippen LogP contribution >= 0.6 is 0 Å². The summed E-state index contributed by atoms with van der Waals surface area (Å²) in [5.74, 6) is -2.35. The molecule has 0 aromatic carbocycles. The van der Waals surface area contributed by atoms with Crippen molar-refractivity contribution in [2.75, 3.05) is 13.2 Å². The predicted molar refractivity (Wildman–Crippen MR) is 78.8 cm³/mol. The van der Waals surface area contributed by atoms with Crippen molar-refractivity contribution in [2.24, 2.45) is 17.2 Å². The molecule has 0 aliphatic rings. The highest BCUT2D eigenvalue weighted by Crippen LogP contribution is 2.03. The highest BCUT2D eigenvalue weighted by atomic mass is 16.6. The number of nitrogens with two attached hydrogens (primary N) is 3. The van der Waals surface area contributed by atoms with Gasteiger partial charge >= 0.3 is 17.9 Å². The Kier molecular flexibility index (Phi) is 9.34. The molecule has 0 heterocycles. The first-order chi connectivity index (χ1) is 10.6. The molecular weight excluding hydrogens is 310 g/mol.